The summed E-state index contributed by atoms with van der Waals surface area (Å²) in [5, 5.41) is 2.93. The highest BCUT2D eigenvalue weighted by molar-refractivity contribution is 6.00. The molecule has 2 aliphatic rings. The molecule has 2 aliphatic heterocycles. The van der Waals surface area contributed by atoms with Gasteiger partial charge in [-0.05, 0) is 23.8 Å². The maximum Gasteiger partial charge on any atom is 0.264 e. The van der Waals surface area contributed by atoms with E-state index in [0.29, 0.717) is 23.5 Å². The van der Waals surface area contributed by atoms with Crippen molar-refractivity contribution in [2.24, 2.45) is 7.05 Å². The first-order valence-corrected chi connectivity index (χ1v) is 8.81. The molecule has 2 aromatic carbocycles. The largest absolute Gasteiger partial charge is 0.481 e. The number of anilines is 2. The topological polar surface area (TPSA) is 76.5 Å². The maximum absolute atomic E-state index is 12.4. The lowest BCUT2D eigenvalue weighted by Crippen LogP contribution is -2.36. The number of para-hydroxylation sites is 2. The molecule has 1 atom stereocenters. The van der Waals surface area contributed by atoms with Gasteiger partial charge in [0.1, 0.15) is 11.6 Å². The van der Waals surface area contributed by atoms with Crippen molar-refractivity contribution in [1.29, 1.82) is 0 Å². The van der Waals surface area contributed by atoms with E-state index in [4.69, 9.17) is 9.72 Å². The van der Waals surface area contributed by atoms with E-state index in [2.05, 4.69) is 5.32 Å². The molecule has 1 unspecified atom stereocenters. The minimum absolute atomic E-state index is 0.00438. The summed E-state index contributed by atoms with van der Waals surface area (Å²) in [6, 6.07) is 11.7. The number of hydrogen-bond donors (Lipinski definition) is 1. The Bertz CT molecular complexity index is 1120. The van der Waals surface area contributed by atoms with Crippen molar-refractivity contribution in [3.8, 4) is 5.75 Å². The van der Waals surface area contributed by atoms with Crippen LogP contribution in [0.4, 0.5) is 11.4 Å². The number of nitrogens with one attached hydrogen (secondary N) is 1. The zero-order valence-corrected chi connectivity index (χ0v) is 15.0. The molecule has 7 heteroatoms. The predicted molar refractivity (Wildman–Crippen MR) is 101 cm³/mol. The molecule has 5 rings (SSSR count). The number of nitrogens with zero attached hydrogens (tertiary/aromatic N) is 3. The van der Waals surface area contributed by atoms with Gasteiger partial charge in [-0.1, -0.05) is 12.1 Å². The molecule has 7 nitrogen and oxygen atoms in total. The molecular weight excluding hydrogens is 344 g/mol. The molecule has 0 spiro atoms. The Balaban J connectivity index is 1.70. The van der Waals surface area contributed by atoms with Gasteiger partial charge in [-0.3, -0.25) is 9.59 Å². The summed E-state index contributed by atoms with van der Waals surface area (Å²) in [6.45, 7) is 0.00438. The van der Waals surface area contributed by atoms with Gasteiger partial charge in [-0.25, -0.2) is 4.98 Å². The molecule has 0 bridgehead atoms. The smallest absolute Gasteiger partial charge is 0.264 e. The minimum Gasteiger partial charge on any atom is -0.481 e. The van der Waals surface area contributed by atoms with Gasteiger partial charge >= 0.3 is 0 Å². The molecule has 0 radical (unpaired) electrons. The number of carbonyl (C=O) groups excluding carboxylic acids is 2. The Morgan fingerprint density at radius 3 is 2.81 bits per heavy atom. The fraction of sp³-hybridized carbons (Fsp3) is 0.250. The highest BCUT2D eigenvalue weighted by Crippen LogP contribution is 2.44. The Kier molecular flexibility index (Phi) is 3.28. The van der Waals surface area contributed by atoms with Crippen molar-refractivity contribution in [2.75, 3.05) is 23.9 Å². The first-order chi connectivity index (χ1) is 13.0. The summed E-state index contributed by atoms with van der Waals surface area (Å²) in [6.07, 6.45) is 0.307. The van der Waals surface area contributed by atoms with Gasteiger partial charge in [0, 0.05) is 32.3 Å². The van der Waals surface area contributed by atoms with Crippen molar-refractivity contribution < 1.29 is 14.3 Å². The molecule has 3 heterocycles. The Morgan fingerprint density at radius 1 is 1.19 bits per heavy atom. The summed E-state index contributed by atoms with van der Waals surface area (Å²) in [7, 11) is 3.70. The number of aromatic nitrogens is 2. The molecule has 136 valence electrons. The molecule has 0 saturated carbocycles. The van der Waals surface area contributed by atoms with Crippen LogP contribution in [0.2, 0.25) is 0 Å². The van der Waals surface area contributed by atoms with Crippen LogP contribution in [0.5, 0.6) is 5.75 Å². The Morgan fingerprint density at radius 2 is 2.00 bits per heavy atom. The SMILES string of the molecule is CN1C(=O)COc2cc3c(cc21)C(c1nc2ccccc2n1C)CC(=O)N3. The van der Waals surface area contributed by atoms with E-state index in [1.165, 1.54) is 0 Å². The van der Waals surface area contributed by atoms with E-state index in [0.717, 1.165) is 22.4 Å². The minimum atomic E-state index is -0.193. The van der Waals surface area contributed by atoms with Crippen molar-refractivity contribution in [2.45, 2.75) is 12.3 Å². The quantitative estimate of drug-likeness (QED) is 0.721. The van der Waals surface area contributed by atoms with E-state index < -0.39 is 0 Å². The average molecular weight is 362 g/mol. The number of aryl methyl sites for hydroxylation is 1. The third-order valence-corrected chi connectivity index (χ3v) is 5.39. The van der Waals surface area contributed by atoms with Crippen LogP contribution in [0.15, 0.2) is 36.4 Å². The molecule has 0 fully saturated rings. The van der Waals surface area contributed by atoms with Crippen LogP contribution in [0.1, 0.15) is 23.7 Å². The summed E-state index contributed by atoms with van der Waals surface area (Å²) in [5.74, 6) is 1.09. The summed E-state index contributed by atoms with van der Waals surface area (Å²) in [4.78, 5) is 30.8. The second-order valence-electron chi connectivity index (χ2n) is 6.97. The predicted octanol–water partition coefficient (Wildman–Crippen LogP) is 2.40. The van der Waals surface area contributed by atoms with Crippen LogP contribution in [0, 0.1) is 0 Å². The van der Waals surface area contributed by atoms with E-state index in [-0.39, 0.29) is 24.3 Å². The summed E-state index contributed by atoms with van der Waals surface area (Å²) >= 11 is 0. The van der Waals surface area contributed by atoms with Gasteiger partial charge in [0.15, 0.2) is 6.61 Å². The number of benzene rings is 2. The number of imidazole rings is 1. The van der Waals surface area contributed by atoms with Gasteiger partial charge in [-0.15, -0.1) is 0 Å². The number of likely N-dealkylation sites (N-methyl/N-ethyl adjacent to an activating group) is 1. The van der Waals surface area contributed by atoms with Gasteiger partial charge < -0.3 is 19.5 Å². The van der Waals surface area contributed by atoms with Crippen molar-refractivity contribution >= 4 is 34.2 Å². The molecule has 2 amide bonds. The van der Waals surface area contributed by atoms with Gasteiger partial charge in [0.2, 0.25) is 5.91 Å². The van der Waals surface area contributed by atoms with Gasteiger partial charge in [-0.2, -0.15) is 0 Å². The van der Waals surface area contributed by atoms with Crippen LogP contribution in [0.25, 0.3) is 11.0 Å². The fourth-order valence-electron chi connectivity index (χ4n) is 3.93. The molecule has 1 aromatic heterocycles. The molecule has 0 aliphatic carbocycles. The number of rotatable bonds is 1. The first kappa shape index (κ1) is 15.9. The lowest BCUT2D eigenvalue weighted by molar-refractivity contribution is -0.121. The molecule has 3 aromatic rings. The van der Waals surface area contributed by atoms with E-state index in [9.17, 15) is 9.59 Å². The van der Waals surface area contributed by atoms with Crippen molar-refractivity contribution in [3.05, 3.63) is 47.8 Å². The van der Waals surface area contributed by atoms with Crippen LogP contribution in [0.3, 0.4) is 0 Å². The maximum atomic E-state index is 12.4. The number of fused-ring (bicyclic) bond motifs is 3. The molecule has 27 heavy (non-hydrogen) atoms. The number of hydrogen-bond acceptors (Lipinski definition) is 4. The molecule has 0 saturated heterocycles. The normalized spacial score (nSPS) is 18.7. The monoisotopic (exact) mass is 362 g/mol. The molecular formula is C20H18N4O3. The second kappa shape index (κ2) is 5.57. The second-order valence-corrected chi connectivity index (χ2v) is 6.97. The van der Waals surface area contributed by atoms with E-state index in [1.807, 2.05) is 41.9 Å². The fourth-order valence-corrected chi connectivity index (χ4v) is 3.93. The van der Waals surface area contributed by atoms with E-state index >= 15 is 0 Å². The number of carbonyl (C=O) groups is 2. The van der Waals surface area contributed by atoms with Crippen molar-refractivity contribution in [3.63, 3.8) is 0 Å². The van der Waals surface area contributed by atoms with Crippen LogP contribution in [-0.4, -0.2) is 35.0 Å². The zero-order valence-electron chi connectivity index (χ0n) is 15.0. The Labute approximate surface area is 155 Å². The highest BCUT2D eigenvalue weighted by atomic mass is 16.5. The van der Waals surface area contributed by atoms with Gasteiger partial charge in [0.05, 0.1) is 22.6 Å². The third kappa shape index (κ3) is 2.31. The Hall–Kier alpha value is -3.35. The van der Waals surface area contributed by atoms with Gasteiger partial charge in [0.25, 0.3) is 5.91 Å². The standard InChI is InChI=1S/C20H18N4O3/c1-23-16-7-11-12(20-22-13-5-3-4-6-15(13)24(20)2)8-18(25)21-14(11)9-17(16)27-10-19(23)26/h3-7,9,12H,8,10H2,1-2H3,(H,21,25). The summed E-state index contributed by atoms with van der Waals surface area (Å²) in [5.41, 5.74) is 4.29. The van der Waals surface area contributed by atoms with Crippen molar-refractivity contribution in [1.82, 2.24) is 9.55 Å². The number of amides is 2. The third-order valence-electron chi connectivity index (χ3n) is 5.39. The van der Waals surface area contributed by atoms with E-state index in [1.54, 1.807) is 18.0 Å². The number of ether oxygens (including phenoxy) is 1. The highest BCUT2D eigenvalue weighted by Gasteiger charge is 2.33. The molecule has 1 N–H and O–H groups in total. The van der Waals surface area contributed by atoms with Crippen LogP contribution >= 0.6 is 0 Å². The zero-order chi connectivity index (χ0) is 18.7. The lowest BCUT2D eigenvalue weighted by atomic mass is 9.88. The van der Waals surface area contributed by atoms with Crippen LogP contribution < -0.4 is 15.0 Å². The summed E-state index contributed by atoms with van der Waals surface area (Å²) < 4.78 is 7.59. The average Bonchev–Trinajstić information content (AvgIpc) is 3.00. The van der Waals surface area contributed by atoms with Crippen LogP contribution in [-0.2, 0) is 16.6 Å². The first-order valence-electron chi connectivity index (χ1n) is 8.81. The lowest BCUT2D eigenvalue weighted by Gasteiger charge is -2.31.